The van der Waals surface area contributed by atoms with Gasteiger partial charge in [0.05, 0.1) is 0 Å². The molecule has 3 N–H and O–H groups in total. The molecular weight excluding hydrogens is 558 g/mol. The second-order valence-electron chi connectivity index (χ2n) is 11.1. The number of nitrogens with one attached hydrogen (secondary N) is 3. The van der Waals surface area contributed by atoms with Crippen molar-refractivity contribution in [2.24, 2.45) is 0 Å². The van der Waals surface area contributed by atoms with Crippen molar-refractivity contribution in [1.82, 2.24) is 25.8 Å². The summed E-state index contributed by atoms with van der Waals surface area (Å²) in [6.45, 7) is 2.10. The minimum atomic E-state index is -1.22. The van der Waals surface area contributed by atoms with E-state index in [1.165, 1.54) is 0 Å². The van der Waals surface area contributed by atoms with E-state index in [4.69, 9.17) is 0 Å². The van der Waals surface area contributed by atoms with E-state index in [2.05, 4.69) is 20.9 Å². The number of nitrogens with zero attached hydrogens (tertiary/aromatic N) is 2. The summed E-state index contributed by atoms with van der Waals surface area (Å²) in [5.41, 5.74) is 0.770. The molecule has 3 heterocycles. The van der Waals surface area contributed by atoms with Crippen LogP contribution in [-0.4, -0.2) is 69.5 Å². The lowest BCUT2D eigenvalue weighted by Crippen LogP contribution is -2.66. The van der Waals surface area contributed by atoms with E-state index in [-0.39, 0.29) is 23.6 Å². The zero-order chi connectivity index (χ0) is 28.8. The third-order valence-corrected chi connectivity index (χ3v) is 10.4. The van der Waals surface area contributed by atoms with Crippen LogP contribution in [0.1, 0.15) is 56.6 Å². The number of amides is 4. The highest BCUT2D eigenvalue weighted by Crippen LogP contribution is 2.32. The number of unbranched alkanes of at least 4 members (excludes halogenated alkanes) is 2. The molecule has 2 saturated heterocycles. The third kappa shape index (κ3) is 6.89. The summed E-state index contributed by atoms with van der Waals surface area (Å²) in [6, 6.07) is 11.4. The molecule has 3 atom stereocenters. The van der Waals surface area contributed by atoms with Gasteiger partial charge in [-0.1, -0.05) is 54.0 Å². The van der Waals surface area contributed by atoms with E-state index in [9.17, 15) is 19.2 Å². The van der Waals surface area contributed by atoms with Crippen LogP contribution in [0, 0.1) is 0 Å². The Kier molecular flexibility index (Phi) is 9.54. The van der Waals surface area contributed by atoms with Gasteiger partial charge in [0.1, 0.15) is 28.7 Å². The second kappa shape index (κ2) is 13.3. The maximum Gasteiger partial charge on any atom is 0.247 e. The van der Waals surface area contributed by atoms with Crippen molar-refractivity contribution in [2.75, 3.05) is 12.3 Å². The maximum absolute atomic E-state index is 13.8. The summed E-state index contributed by atoms with van der Waals surface area (Å²) in [5, 5.41) is 9.86. The largest absolute Gasteiger partial charge is 0.343 e. The molecule has 5 rings (SSSR count). The second-order valence-corrected chi connectivity index (χ2v) is 13.5. The SMILES string of the molecule is C[C@@H]1NC(=O)C2(Cc3ccccc3C2)NC(=O)[C@H](CCCCCSSc2ccccn2)NC(=O)[C@H]2CCCN2C1=O. The molecule has 0 saturated carbocycles. The Bertz CT molecular complexity index is 1250. The van der Waals surface area contributed by atoms with Gasteiger partial charge in [-0.15, -0.1) is 0 Å². The zero-order valence-corrected chi connectivity index (χ0v) is 24.9. The Labute approximate surface area is 248 Å². The van der Waals surface area contributed by atoms with Gasteiger partial charge in [0.25, 0.3) is 0 Å². The molecule has 1 spiro atoms. The molecule has 2 aliphatic heterocycles. The molecule has 1 aromatic carbocycles. The van der Waals surface area contributed by atoms with Crippen LogP contribution in [0.2, 0.25) is 0 Å². The fourth-order valence-corrected chi connectivity index (χ4v) is 7.94. The predicted molar refractivity (Wildman–Crippen MR) is 160 cm³/mol. The number of fused-ring (bicyclic) bond motifs is 2. The Morgan fingerprint density at radius 2 is 1.71 bits per heavy atom. The molecule has 0 radical (unpaired) electrons. The molecule has 2 fully saturated rings. The van der Waals surface area contributed by atoms with E-state index in [0.717, 1.165) is 41.2 Å². The van der Waals surface area contributed by atoms with Crippen LogP contribution >= 0.6 is 21.6 Å². The molecule has 4 amide bonds. The van der Waals surface area contributed by atoms with E-state index < -0.39 is 23.7 Å². The summed E-state index contributed by atoms with van der Waals surface area (Å²) in [7, 11) is 3.40. The molecule has 0 unspecified atom stereocenters. The first-order chi connectivity index (χ1) is 19.9. The van der Waals surface area contributed by atoms with Crippen molar-refractivity contribution in [3.05, 3.63) is 59.8 Å². The number of aromatic nitrogens is 1. The van der Waals surface area contributed by atoms with Gasteiger partial charge in [-0.2, -0.15) is 0 Å². The van der Waals surface area contributed by atoms with Gasteiger partial charge in [0.2, 0.25) is 23.6 Å². The number of rotatable bonds is 8. The number of carbonyl (C=O) groups excluding carboxylic acids is 4. The van der Waals surface area contributed by atoms with Crippen LogP contribution in [0.5, 0.6) is 0 Å². The normalized spacial score (nSPS) is 24.1. The first-order valence-corrected chi connectivity index (χ1v) is 16.7. The number of hydrogen-bond donors (Lipinski definition) is 3. The van der Waals surface area contributed by atoms with Gasteiger partial charge in [-0.3, -0.25) is 19.2 Å². The van der Waals surface area contributed by atoms with Crippen LogP contribution < -0.4 is 16.0 Å². The Morgan fingerprint density at radius 3 is 2.44 bits per heavy atom. The summed E-state index contributed by atoms with van der Waals surface area (Å²) in [5.74, 6) is -0.354. The quantitative estimate of drug-likeness (QED) is 0.317. The average Bonchev–Trinajstić information content (AvgIpc) is 3.61. The zero-order valence-electron chi connectivity index (χ0n) is 23.3. The van der Waals surface area contributed by atoms with E-state index in [1.54, 1.807) is 39.6 Å². The Morgan fingerprint density at radius 1 is 0.951 bits per heavy atom. The van der Waals surface area contributed by atoms with Crippen molar-refractivity contribution < 1.29 is 19.2 Å². The van der Waals surface area contributed by atoms with Gasteiger partial charge in [0.15, 0.2) is 0 Å². The maximum atomic E-state index is 13.8. The molecule has 3 aliphatic rings. The van der Waals surface area contributed by atoms with Gasteiger partial charge < -0.3 is 20.9 Å². The van der Waals surface area contributed by atoms with Crippen LogP contribution in [-0.2, 0) is 32.0 Å². The minimum Gasteiger partial charge on any atom is -0.343 e. The number of hydrogen-bond acceptors (Lipinski definition) is 7. The molecule has 41 heavy (non-hydrogen) atoms. The highest BCUT2D eigenvalue weighted by atomic mass is 33.1. The Balaban J connectivity index is 1.27. The van der Waals surface area contributed by atoms with Crippen molar-refractivity contribution in [3.8, 4) is 0 Å². The lowest BCUT2D eigenvalue weighted by atomic mass is 9.92. The molecule has 0 bridgehead atoms. The first-order valence-electron chi connectivity index (χ1n) is 14.4. The monoisotopic (exact) mass is 595 g/mol. The lowest BCUT2D eigenvalue weighted by molar-refractivity contribution is -0.144. The van der Waals surface area contributed by atoms with Gasteiger partial charge in [-0.05, 0) is 66.7 Å². The van der Waals surface area contributed by atoms with Crippen molar-refractivity contribution in [2.45, 2.75) is 87.0 Å². The van der Waals surface area contributed by atoms with E-state index in [1.807, 2.05) is 42.5 Å². The Hall–Kier alpha value is -3.05. The van der Waals surface area contributed by atoms with Crippen LogP contribution in [0.3, 0.4) is 0 Å². The number of carbonyl (C=O) groups is 4. The number of benzene rings is 1. The third-order valence-electron chi connectivity index (χ3n) is 8.09. The van der Waals surface area contributed by atoms with Crippen molar-refractivity contribution in [1.29, 1.82) is 0 Å². The summed E-state index contributed by atoms with van der Waals surface area (Å²) in [6.07, 6.45) is 6.76. The lowest BCUT2D eigenvalue weighted by Gasteiger charge is -2.35. The average molecular weight is 596 g/mol. The van der Waals surface area contributed by atoms with Crippen LogP contribution in [0.4, 0.5) is 0 Å². The summed E-state index contributed by atoms with van der Waals surface area (Å²) < 4.78 is 0. The highest BCUT2D eigenvalue weighted by Gasteiger charge is 2.48. The first kappa shape index (κ1) is 29.4. The summed E-state index contributed by atoms with van der Waals surface area (Å²) >= 11 is 0. The van der Waals surface area contributed by atoms with E-state index >= 15 is 0 Å². The molecule has 1 aromatic heterocycles. The smallest absolute Gasteiger partial charge is 0.247 e. The fraction of sp³-hybridized carbons (Fsp3) is 0.500. The van der Waals surface area contributed by atoms with Crippen molar-refractivity contribution in [3.63, 3.8) is 0 Å². The molecule has 218 valence electrons. The van der Waals surface area contributed by atoms with Crippen LogP contribution in [0.15, 0.2) is 53.7 Å². The molecule has 2 aromatic rings. The molecule has 1 aliphatic carbocycles. The topological polar surface area (TPSA) is 120 Å². The molecular formula is C30H37N5O4S2. The predicted octanol–water partition coefficient (Wildman–Crippen LogP) is 3.03. The van der Waals surface area contributed by atoms with Crippen LogP contribution in [0.25, 0.3) is 0 Å². The number of pyridine rings is 1. The van der Waals surface area contributed by atoms with Gasteiger partial charge in [-0.25, -0.2) is 4.98 Å². The summed E-state index contributed by atoms with van der Waals surface area (Å²) in [4.78, 5) is 60.2. The fourth-order valence-electron chi connectivity index (χ4n) is 5.91. The molecule has 11 heteroatoms. The molecule has 9 nitrogen and oxygen atoms in total. The minimum absolute atomic E-state index is 0.272. The van der Waals surface area contributed by atoms with Gasteiger partial charge in [0, 0.05) is 31.3 Å². The standard InChI is InChI=1S/C30H37N5O4S2/c1-20-28(38)35-16-9-13-24(35)27(37)33-23(12-3-2-8-17-40-41-25-14-6-7-15-31-25)26(36)34-30(29(39)32-20)18-21-10-4-5-11-22(21)19-30/h4-7,10-11,14-15,20,23-24H,2-3,8-9,12-13,16-19H2,1H3,(H,32,39)(H,33,37)(H,34,36)/t20-,23-,24+/m0/s1. The van der Waals surface area contributed by atoms with Crippen molar-refractivity contribution >= 4 is 45.2 Å². The highest BCUT2D eigenvalue weighted by molar-refractivity contribution is 8.76. The van der Waals surface area contributed by atoms with E-state index in [0.29, 0.717) is 38.6 Å². The van der Waals surface area contributed by atoms with Gasteiger partial charge >= 0.3 is 0 Å².